The number of ether oxygens (including phenoxy) is 1. The van der Waals surface area contributed by atoms with Gasteiger partial charge in [0.2, 0.25) is 0 Å². The Balaban J connectivity index is 1.87. The minimum atomic E-state index is -0.680. The summed E-state index contributed by atoms with van der Waals surface area (Å²) in [5, 5.41) is 6.69. The van der Waals surface area contributed by atoms with Gasteiger partial charge in [-0.3, -0.25) is 14.2 Å². The topological polar surface area (TPSA) is 73.2 Å². The van der Waals surface area contributed by atoms with Crippen LogP contribution in [0.5, 0.6) is 0 Å². The maximum absolute atomic E-state index is 12.2. The first-order chi connectivity index (χ1) is 10.5. The highest BCUT2D eigenvalue weighted by Crippen LogP contribution is 2.25. The van der Waals surface area contributed by atoms with Gasteiger partial charge in [-0.15, -0.1) is 0 Å². The molecule has 1 aliphatic heterocycles. The molecule has 0 radical (unpaired) electrons. The zero-order valence-corrected chi connectivity index (χ0v) is 13.3. The molecule has 0 saturated carbocycles. The molecule has 2 aromatic heterocycles. The van der Waals surface area contributed by atoms with Crippen molar-refractivity contribution in [2.45, 2.75) is 32.5 Å². The lowest BCUT2D eigenvalue weighted by Gasteiger charge is -2.32. The van der Waals surface area contributed by atoms with Crippen LogP contribution < -0.4 is 10.9 Å². The molecule has 0 atom stereocenters. The summed E-state index contributed by atoms with van der Waals surface area (Å²) in [5.74, 6) is 0.139. The van der Waals surface area contributed by atoms with Gasteiger partial charge in [-0.2, -0.15) is 11.3 Å². The zero-order chi connectivity index (χ0) is 15.7. The summed E-state index contributed by atoms with van der Waals surface area (Å²) in [6, 6.07) is 3.23. The number of aromatic nitrogens is 2. The summed E-state index contributed by atoms with van der Waals surface area (Å²) in [4.78, 5) is 28.8. The number of rotatable bonds is 3. The third-order valence-electron chi connectivity index (χ3n) is 3.59. The molecule has 0 unspecified atom stereocenters. The molecule has 1 amide bonds. The number of thiophene rings is 1. The molecule has 0 bridgehead atoms. The van der Waals surface area contributed by atoms with Gasteiger partial charge in [-0.25, -0.2) is 4.98 Å². The minimum Gasteiger partial charge on any atom is -0.366 e. The fourth-order valence-corrected chi connectivity index (χ4v) is 3.09. The average molecular weight is 319 g/mol. The van der Waals surface area contributed by atoms with Crippen LogP contribution in [0.1, 0.15) is 35.7 Å². The Kier molecular flexibility index (Phi) is 3.84. The maximum atomic E-state index is 12.2. The fourth-order valence-electron chi connectivity index (χ4n) is 2.42. The smallest absolute Gasteiger partial charge is 0.270 e. The second-order valence-electron chi connectivity index (χ2n) is 5.63. The molecule has 0 fully saturated rings. The van der Waals surface area contributed by atoms with Crippen molar-refractivity contribution in [1.82, 2.24) is 14.9 Å². The molecule has 1 N–H and O–H groups in total. The highest BCUT2D eigenvalue weighted by molar-refractivity contribution is 7.07. The lowest BCUT2D eigenvalue weighted by molar-refractivity contribution is -0.0564. The number of amides is 1. The summed E-state index contributed by atoms with van der Waals surface area (Å²) in [7, 11) is 0. The van der Waals surface area contributed by atoms with Crippen LogP contribution >= 0.6 is 11.3 Å². The molecule has 0 aliphatic carbocycles. The van der Waals surface area contributed by atoms with Crippen molar-refractivity contribution in [3.05, 3.63) is 50.3 Å². The molecule has 3 rings (SSSR count). The Morgan fingerprint density at radius 2 is 2.36 bits per heavy atom. The average Bonchev–Trinajstić information content (AvgIpc) is 2.98. The summed E-state index contributed by atoms with van der Waals surface area (Å²) in [6.07, 6.45) is 0. The molecule has 22 heavy (non-hydrogen) atoms. The normalized spacial score (nSPS) is 16.1. The van der Waals surface area contributed by atoms with Crippen LogP contribution in [0.15, 0.2) is 27.7 Å². The second kappa shape index (κ2) is 5.66. The first-order valence-corrected chi connectivity index (χ1v) is 7.97. The predicted octanol–water partition coefficient (Wildman–Crippen LogP) is 1.50. The van der Waals surface area contributed by atoms with Crippen molar-refractivity contribution in [1.29, 1.82) is 0 Å². The van der Waals surface area contributed by atoms with Crippen LogP contribution in [0.2, 0.25) is 0 Å². The Morgan fingerprint density at radius 1 is 1.55 bits per heavy atom. The molecule has 2 aromatic rings. The van der Waals surface area contributed by atoms with Crippen molar-refractivity contribution in [2.24, 2.45) is 0 Å². The summed E-state index contributed by atoms with van der Waals surface area (Å²) < 4.78 is 7.22. The number of carbonyl (C=O) groups excluding carboxylic acids is 1. The van der Waals surface area contributed by atoms with Crippen molar-refractivity contribution >= 4 is 17.2 Å². The van der Waals surface area contributed by atoms with Crippen LogP contribution in [0.3, 0.4) is 0 Å². The van der Waals surface area contributed by atoms with E-state index in [9.17, 15) is 9.59 Å². The van der Waals surface area contributed by atoms with Crippen molar-refractivity contribution in [3.8, 4) is 0 Å². The van der Waals surface area contributed by atoms with Gasteiger partial charge in [0.05, 0.1) is 13.2 Å². The van der Waals surface area contributed by atoms with E-state index >= 15 is 0 Å². The number of carbonyl (C=O) groups is 1. The Hall–Kier alpha value is -1.99. The molecule has 0 aromatic carbocycles. The van der Waals surface area contributed by atoms with Gasteiger partial charge in [-0.05, 0) is 36.2 Å². The standard InChI is InChI=1S/C15H17N3O3S/c1-15(2)14-17-11(7-12(19)18(14)4-5-21-15)13(20)16-8-10-3-6-22-9-10/h3,6-7,9H,4-5,8H2,1-2H3,(H,16,20). The number of hydrogen-bond acceptors (Lipinski definition) is 5. The quantitative estimate of drug-likeness (QED) is 0.930. The van der Waals surface area contributed by atoms with Crippen LogP contribution in [0.4, 0.5) is 0 Å². The highest BCUT2D eigenvalue weighted by atomic mass is 32.1. The maximum Gasteiger partial charge on any atom is 0.270 e. The van der Waals surface area contributed by atoms with E-state index in [0.717, 1.165) is 5.56 Å². The highest BCUT2D eigenvalue weighted by Gasteiger charge is 2.32. The van der Waals surface area contributed by atoms with Crippen LogP contribution in [-0.4, -0.2) is 22.1 Å². The van der Waals surface area contributed by atoms with E-state index in [1.54, 1.807) is 15.9 Å². The number of hydrogen-bond donors (Lipinski definition) is 1. The van der Waals surface area contributed by atoms with Crippen molar-refractivity contribution in [3.63, 3.8) is 0 Å². The lowest BCUT2D eigenvalue weighted by atomic mass is 10.1. The molecule has 0 saturated heterocycles. The molecule has 1 aliphatic rings. The predicted molar refractivity (Wildman–Crippen MR) is 83.0 cm³/mol. The lowest BCUT2D eigenvalue weighted by Crippen LogP contribution is -2.42. The molecule has 6 nitrogen and oxygen atoms in total. The first kappa shape index (κ1) is 14.9. The Morgan fingerprint density at radius 3 is 3.09 bits per heavy atom. The Labute approximate surface area is 131 Å². The van der Waals surface area contributed by atoms with E-state index < -0.39 is 5.60 Å². The minimum absolute atomic E-state index is 0.130. The molecule has 116 valence electrons. The van der Waals surface area contributed by atoms with E-state index in [1.165, 1.54) is 6.07 Å². The van der Waals surface area contributed by atoms with Crippen LogP contribution in [0, 0.1) is 0 Å². The Bertz CT molecular complexity index is 750. The van der Waals surface area contributed by atoms with Crippen molar-refractivity contribution < 1.29 is 9.53 Å². The van der Waals surface area contributed by atoms with Gasteiger partial charge < -0.3 is 10.1 Å². The van der Waals surface area contributed by atoms with Crippen molar-refractivity contribution in [2.75, 3.05) is 6.61 Å². The van der Waals surface area contributed by atoms with Crippen LogP contribution in [-0.2, 0) is 23.4 Å². The SMILES string of the molecule is CC1(C)OCCn2c1nc(C(=O)NCc1ccsc1)cc2=O. The largest absolute Gasteiger partial charge is 0.366 e. The van der Waals surface area contributed by atoms with E-state index in [4.69, 9.17) is 4.74 Å². The second-order valence-corrected chi connectivity index (χ2v) is 6.41. The van der Waals surface area contributed by atoms with Gasteiger partial charge >= 0.3 is 0 Å². The summed E-state index contributed by atoms with van der Waals surface area (Å²) in [6.45, 7) is 5.03. The van der Waals surface area contributed by atoms with E-state index in [2.05, 4.69) is 10.3 Å². The van der Waals surface area contributed by atoms with Gasteiger partial charge in [0.1, 0.15) is 17.1 Å². The zero-order valence-electron chi connectivity index (χ0n) is 12.5. The van der Waals surface area contributed by atoms with E-state index in [-0.39, 0.29) is 17.2 Å². The third-order valence-corrected chi connectivity index (χ3v) is 4.32. The molecule has 0 spiro atoms. The van der Waals surface area contributed by atoms with Gasteiger partial charge in [0, 0.05) is 12.6 Å². The van der Waals surface area contributed by atoms with Crippen LogP contribution in [0.25, 0.3) is 0 Å². The monoisotopic (exact) mass is 319 g/mol. The molecule has 3 heterocycles. The summed E-state index contributed by atoms with van der Waals surface area (Å²) in [5.41, 5.74) is 0.255. The van der Waals surface area contributed by atoms with E-state index in [1.807, 2.05) is 30.7 Å². The van der Waals surface area contributed by atoms with Gasteiger partial charge in [-0.1, -0.05) is 0 Å². The van der Waals surface area contributed by atoms with Gasteiger partial charge in [0.25, 0.3) is 11.5 Å². The fraction of sp³-hybridized carbons (Fsp3) is 0.400. The number of nitrogens with one attached hydrogen (secondary N) is 1. The first-order valence-electron chi connectivity index (χ1n) is 7.03. The molecular formula is C15H17N3O3S. The molecule has 7 heteroatoms. The van der Waals surface area contributed by atoms with Gasteiger partial charge in [0.15, 0.2) is 0 Å². The van der Waals surface area contributed by atoms with E-state index in [0.29, 0.717) is 25.5 Å². The molecular weight excluding hydrogens is 302 g/mol. The summed E-state index contributed by atoms with van der Waals surface area (Å²) >= 11 is 1.57. The third kappa shape index (κ3) is 2.82. The number of nitrogens with zero attached hydrogens (tertiary/aromatic N) is 2. The number of fused-ring (bicyclic) bond motifs is 1.